The number of likely N-dealkylation sites (tertiary alicyclic amines) is 1. The van der Waals surface area contributed by atoms with Gasteiger partial charge in [-0.05, 0) is 30.4 Å². The summed E-state index contributed by atoms with van der Waals surface area (Å²) in [4.78, 5) is 32.6. The third-order valence-electron chi connectivity index (χ3n) is 3.75. The molecule has 1 amide bonds. The zero-order chi connectivity index (χ0) is 16.3. The molecule has 22 heavy (non-hydrogen) atoms. The zero-order valence-corrected chi connectivity index (χ0v) is 13.7. The first kappa shape index (κ1) is 17.0. The van der Waals surface area contributed by atoms with Crippen molar-refractivity contribution in [2.24, 2.45) is 11.8 Å². The van der Waals surface area contributed by atoms with Gasteiger partial charge in [-0.25, -0.2) is 0 Å². The minimum absolute atomic E-state index is 0.0577. The third kappa shape index (κ3) is 4.32. The summed E-state index contributed by atoms with van der Waals surface area (Å²) in [6.07, 6.45) is 1.10. The maximum absolute atomic E-state index is 12.2. The molecule has 7 heteroatoms. The monoisotopic (exact) mass is 327 g/mol. The molecule has 2 rings (SSSR count). The van der Waals surface area contributed by atoms with Crippen LogP contribution in [0.4, 0.5) is 0 Å². The molecule has 1 fully saturated rings. The molecule has 0 bridgehead atoms. The smallest absolute Gasteiger partial charge is 0.359 e. The van der Waals surface area contributed by atoms with Crippen LogP contribution in [-0.4, -0.2) is 40.3 Å². The molecule has 1 aliphatic rings. The summed E-state index contributed by atoms with van der Waals surface area (Å²) in [6.45, 7) is 5.41. The summed E-state index contributed by atoms with van der Waals surface area (Å²) in [5.41, 5.74) is 0. The predicted molar refractivity (Wildman–Crippen MR) is 83.1 cm³/mol. The Kier molecular flexibility index (Phi) is 5.27. The van der Waals surface area contributed by atoms with E-state index in [1.165, 1.54) is 18.2 Å². The van der Waals surface area contributed by atoms with Gasteiger partial charge in [-0.2, -0.15) is 0 Å². The standard InChI is InChI=1S/C15H22NO5P/c1-11-7-12(2)9-16(8-11)15(17)10-21-13-5-3-4-6-14(13)22(18,19)20/h3-6,11-12H,7-10H2,1-2H3,(H2,18,19,20)/t11-,12+. The van der Waals surface area contributed by atoms with E-state index in [9.17, 15) is 19.1 Å². The van der Waals surface area contributed by atoms with Gasteiger partial charge in [-0.3, -0.25) is 9.36 Å². The second-order valence-electron chi connectivity index (χ2n) is 6.05. The lowest BCUT2D eigenvalue weighted by atomic mass is 9.92. The first-order valence-corrected chi connectivity index (χ1v) is 8.94. The van der Waals surface area contributed by atoms with E-state index in [0.717, 1.165) is 6.42 Å². The van der Waals surface area contributed by atoms with Gasteiger partial charge >= 0.3 is 7.60 Å². The average molecular weight is 327 g/mol. The summed E-state index contributed by atoms with van der Waals surface area (Å²) >= 11 is 0. The quantitative estimate of drug-likeness (QED) is 0.816. The van der Waals surface area contributed by atoms with Crippen LogP contribution in [0.15, 0.2) is 24.3 Å². The molecule has 6 nitrogen and oxygen atoms in total. The van der Waals surface area contributed by atoms with Crippen LogP contribution in [0.1, 0.15) is 20.3 Å². The van der Waals surface area contributed by atoms with Crippen molar-refractivity contribution in [2.75, 3.05) is 19.7 Å². The van der Waals surface area contributed by atoms with Crippen molar-refractivity contribution in [2.45, 2.75) is 20.3 Å². The topological polar surface area (TPSA) is 87.1 Å². The van der Waals surface area contributed by atoms with Gasteiger partial charge in [0.2, 0.25) is 0 Å². The highest BCUT2D eigenvalue weighted by molar-refractivity contribution is 7.60. The van der Waals surface area contributed by atoms with Crippen LogP contribution in [0.5, 0.6) is 5.75 Å². The predicted octanol–water partition coefficient (Wildman–Crippen LogP) is 1.37. The molecule has 122 valence electrons. The fourth-order valence-electron chi connectivity index (χ4n) is 2.92. The van der Waals surface area contributed by atoms with Crippen LogP contribution >= 0.6 is 7.60 Å². The van der Waals surface area contributed by atoms with Gasteiger partial charge in [0.05, 0.1) is 0 Å². The minimum atomic E-state index is -4.42. The molecule has 1 saturated heterocycles. The fourth-order valence-corrected chi connectivity index (χ4v) is 3.62. The maximum Gasteiger partial charge on any atom is 0.359 e. The Labute approximate surface area is 130 Å². The van der Waals surface area contributed by atoms with E-state index in [-0.39, 0.29) is 23.6 Å². The number of benzene rings is 1. The van der Waals surface area contributed by atoms with Crippen molar-refractivity contribution in [3.8, 4) is 5.75 Å². The number of rotatable bonds is 4. The third-order valence-corrected chi connectivity index (χ3v) is 4.75. The van der Waals surface area contributed by atoms with E-state index in [0.29, 0.717) is 24.9 Å². The zero-order valence-electron chi connectivity index (χ0n) is 12.8. The first-order valence-electron chi connectivity index (χ1n) is 7.33. The van der Waals surface area contributed by atoms with Crippen LogP contribution in [-0.2, 0) is 9.36 Å². The van der Waals surface area contributed by atoms with Gasteiger partial charge in [0, 0.05) is 13.1 Å². The molecule has 0 radical (unpaired) electrons. The summed E-state index contributed by atoms with van der Waals surface area (Å²) in [5, 5.41) is -0.191. The summed E-state index contributed by atoms with van der Waals surface area (Å²) < 4.78 is 16.8. The average Bonchev–Trinajstić information content (AvgIpc) is 2.43. The molecule has 2 N–H and O–H groups in total. The van der Waals surface area contributed by atoms with Gasteiger partial charge in [0.1, 0.15) is 11.1 Å². The van der Waals surface area contributed by atoms with Gasteiger partial charge < -0.3 is 19.4 Å². The Bertz CT molecular complexity index is 575. The van der Waals surface area contributed by atoms with Crippen LogP contribution in [0.3, 0.4) is 0 Å². The number of carbonyl (C=O) groups excluding carboxylic acids is 1. The molecule has 1 aromatic rings. The van der Waals surface area contributed by atoms with Crippen molar-refractivity contribution >= 4 is 18.8 Å². The van der Waals surface area contributed by atoms with Crippen LogP contribution in [0, 0.1) is 11.8 Å². The molecule has 1 aromatic carbocycles. The van der Waals surface area contributed by atoms with Crippen molar-refractivity contribution in [3.63, 3.8) is 0 Å². The number of piperidine rings is 1. The van der Waals surface area contributed by atoms with E-state index in [4.69, 9.17) is 4.74 Å². The summed E-state index contributed by atoms with van der Waals surface area (Å²) in [5.74, 6) is 0.811. The fraction of sp³-hybridized carbons (Fsp3) is 0.533. The lowest BCUT2D eigenvalue weighted by Gasteiger charge is -2.34. The molecule has 0 unspecified atom stereocenters. The molecule has 1 aliphatic heterocycles. The van der Waals surface area contributed by atoms with E-state index in [1.807, 2.05) is 0 Å². The van der Waals surface area contributed by atoms with Crippen molar-refractivity contribution in [1.82, 2.24) is 4.90 Å². The number of amides is 1. The van der Waals surface area contributed by atoms with Crippen molar-refractivity contribution in [3.05, 3.63) is 24.3 Å². The highest BCUT2D eigenvalue weighted by Gasteiger charge is 2.27. The Balaban J connectivity index is 2.01. The number of hydrogen-bond acceptors (Lipinski definition) is 3. The Hall–Kier alpha value is -1.36. The van der Waals surface area contributed by atoms with Gasteiger partial charge in [0.25, 0.3) is 5.91 Å². The van der Waals surface area contributed by atoms with E-state index in [2.05, 4.69) is 13.8 Å². The SMILES string of the molecule is C[C@@H]1C[C@H](C)CN(C(=O)COc2ccccc2P(=O)(O)O)C1. The normalized spacial score (nSPS) is 22.5. The van der Waals surface area contributed by atoms with Gasteiger partial charge in [-0.15, -0.1) is 0 Å². The largest absolute Gasteiger partial charge is 0.483 e. The lowest BCUT2D eigenvalue weighted by Crippen LogP contribution is -2.44. The Morgan fingerprint density at radius 2 is 1.86 bits per heavy atom. The second kappa shape index (κ2) is 6.82. The number of carbonyl (C=O) groups is 1. The Morgan fingerprint density at radius 1 is 1.27 bits per heavy atom. The molecule has 2 atom stereocenters. The molecular formula is C15H22NO5P. The Morgan fingerprint density at radius 3 is 2.45 bits per heavy atom. The van der Waals surface area contributed by atoms with Crippen LogP contribution in [0.25, 0.3) is 0 Å². The van der Waals surface area contributed by atoms with Gasteiger partial charge in [-0.1, -0.05) is 26.0 Å². The minimum Gasteiger partial charge on any atom is -0.483 e. The number of ether oxygens (including phenoxy) is 1. The van der Waals surface area contributed by atoms with Crippen LogP contribution < -0.4 is 10.0 Å². The van der Waals surface area contributed by atoms with E-state index in [1.54, 1.807) is 11.0 Å². The van der Waals surface area contributed by atoms with Crippen LogP contribution in [0.2, 0.25) is 0 Å². The first-order chi connectivity index (χ1) is 10.3. The lowest BCUT2D eigenvalue weighted by molar-refractivity contribution is -0.136. The summed E-state index contributed by atoms with van der Waals surface area (Å²) in [7, 11) is -4.42. The van der Waals surface area contributed by atoms with Gasteiger partial charge in [0.15, 0.2) is 6.61 Å². The molecule has 1 heterocycles. The second-order valence-corrected chi connectivity index (χ2v) is 7.62. The van der Waals surface area contributed by atoms with Crippen molar-refractivity contribution < 1.29 is 23.9 Å². The highest BCUT2D eigenvalue weighted by atomic mass is 31.2. The highest BCUT2D eigenvalue weighted by Crippen LogP contribution is 2.37. The number of para-hydroxylation sites is 1. The molecule has 0 aromatic heterocycles. The molecular weight excluding hydrogens is 305 g/mol. The molecule has 0 aliphatic carbocycles. The van der Waals surface area contributed by atoms with E-state index >= 15 is 0 Å². The maximum atomic E-state index is 12.2. The number of nitrogens with zero attached hydrogens (tertiary/aromatic N) is 1. The number of hydrogen-bond donors (Lipinski definition) is 2. The van der Waals surface area contributed by atoms with Crippen molar-refractivity contribution in [1.29, 1.82) is 0 Å². The van der Waals surface area contributed by atoms with E-state index < -0.39 is 7.60 Å². The summed E-state index contributed by atoms with van der Waals surface area (Å²) in [6, 6.07) is 5.91. The molecule has 0 spiro atoms. The molecule has 0 saturated carbocycles.